The summed E-state index contributed by atoms with van der Waals surface area (Å²) in [5.74, 6) is 0. The summed E-state index contributed by atoms with van der Waals surface area (Å²) in [6.45, 7) is 0. The maximum atomic E-state index is 3.97. The zero-order valence-electron chi connectivity index (χ0n) is 4.41. The molecule has 0 aromatic carbocycles. The Balaban J connectivity index is 2.99. The molecule has 0 aliphatic heterocycles. The van der Waals surface area contributed by atoms with Crippen molar-refractivity contribution < 1.29 is 0 Å². The maximum Gasteiger partial charge on any atom is 0.120 e. The molecule has 0 fully saturated rings. The summed E-state index contributed by atoms with van der Waals surface area (Å²) >= 11 is 5.05. The van der Waals surface area contributed by atoms with Gasteiger partial charge in [0, 0.05) is 5.38 Å². The molecule has 46 valence electrons. The molecule has 2 aromatic heterocycles. The van der Waals surface area contributed by atoms with E-state index in [0.29, 0.717) is 0 Å². The summed E-state index contributed by atoms with van der Waals surface area (Å²) in [4.78, 5) is 5.13. The van der Waals surface area contributed by atoms with Gasteiger partial charge in [-0.1, -0.05) is 0 Å². The van der Waals surface area contributed by atoms with Crippen LogP contribution in [0.3, 0.4) is 0 Å². The maximum absolute atomic E-state index is 3.97. The van der Waals surface area contributed by atoms with E-state index in [2.05, 4.69) is 20.9 Å². The SMILES string of the molecule is Brc1csc2cncn12. The fourth-order valence-corrected chi connectivity index (χ4v) is 2.09. The van der Waals surface area contributed by atoms with E-state index in [0.717, 1.165) is 4.60 Å². The van der Waals surface area contributed by atoms with Crippen LogP contribution in [0.5, 0.6) is 0 Å². The number of rotatable bonds is 0. The molecule has 0 radical (unpaired) electrons. The average molecular weight is 203 g/mol. The molecule has 0 aliphatic rings. The molecule has 0 bridgehead atoms. The van der Waals surface area contributed by atoms with Crippen LogP contribution in [-0.4, -0.2) is 9.38 Å². The van der Waals surface area contributed by atoms with Gasteiger partial charge in [-0.15, -0.1) is 11.3 Å². The third kappa shape index (κ3) is 0.702. The lowest BCUT2D eigenvalue weighted by Gasteiger charge is -1.80. The molecule has 0 N–H and O–H groups in total. The van der Waals surface area contributed by atoms with Crippen LogP contribution in [0.25, 0.3) is 4.83 Å². The minimum absolute atomic E-state index is 1.07. The molecule has 4 heteroatoms. The number of hydrogen-bond acceptors (Lipinski definition) is 2. The van der Waals surface area contributed by atoms with E-state index < -0.39 is 0 Å². The van der Waals surface area contributed by atoms with E-state index >= 15 is 0 Å². The predicted molar refractivity (Wildman–Crippen MR) is 40.8 cm³/mol. The van der Waals surface area contributed by atoms with E-state index in [1.807, 2.05) is 16.0 Å². The van der Waals surface area contributed by atoms with E-state index in [-0.39, 0.29) is 0 Å². The van der Waals surface area contributed by atoms with Crippen LogP contribution < -0.4 is 0 Å². The van der Waals surface area contributed by atoms with Crippen LogP contribution in [0.15, 0.2) is 22.5 Å². The Hall–Kier alpha value is -0.350. The molecule has 0 amide bonds. The lowest BCUT2D eigenvalue weighted by molar-refractivity contribution is 1.14. The van der Waals surface area contributed by atoms with Gasteiger partial charge in [-0.2, -0.15) is 0 Å². The lowest BCUT2D eigenvalue weighted by atomic mass is 10.9. The largest absolute Gasteiger partial charge is 0.284 e. The standard InChI is InChI=1S/C5H3BrN2S/c6-4-2-9-5-1-7-3-8(4)5/h1-3H. The number of thiazole rings is 1. The van der Waals surface area contributed by atoms with Crippen molar-refractivity contribution >= 4 is 32.1 Å². The third-order valence-corrected chi connectivity index (χ3v) is 2.91. The number of nitrogens with zero attached hydrogens (tertiary/aromatic N) is 2. The molecule has 2 heterocycles. The summed E-state index contributed by atoms with van der Waals surface area (Å²) in [5, 5.41) is 2.04. The topological polar surface area (TPSA) is 17.3 Å². The van der Waals surface area contributed by atoms with Crippen molar-refractivity contribution in [2.24, 2.45) is 0 Å². The first-order chi connectivity index (χ1) is 4.38. The Kier molecular flexibility index (Phi) is 1.10. The van der Waals surface area contributed by atoms with Crippen molar-refractivity contribution in [3.63, 3.8) is 0 Å². The molecule has 0 atom stereocenters. The van der Waals surface area contributed by atoms with E-state index in [1.165, 1.54) is 4.83 Å². The highest BCUT2D eigenvalue weighted by Crippen LogP contribution is 2.19. The van der Waals surface area contributed by atoms with Crippen molar-refractivity contribution in [3.05, 3.63) is 22.5 Å². The van der Waals surface area contributed by atoms with E-state index in [1.54, 1.807) is 17.7 Å². The summed E-state index contributed by atoms with van der Waals surface area (Å²) in [6.07, 6.45) is 3.63. The predicted octanol–water partition coefficient (Wildman–Crippen LogP) is 2.16. The van der Waals surface area contributed by atoms with Crippen molar-refractivity contribution in [3.8, 4) is 0 Å². The number of imidazole rings is 1. The molecule has 2 aromatic rings. The first-order valence-electron chi connectivity index (χ1n) is 2.43. The van der Waals surface area contributed by atoms with Gasteiger partial charge in [0.05, 0.1) is 6.20 Å². The quantitative estimate of drug-likeness (QED) is 0.641. The Morgan fingerprint density at radius 1 is 1.67 bits per heavy atom. The van der Waals surface area contributed by atoms with Crippen molar-refractivity contribution in [2.45, 2.75) is 0 Å². The van der Waals surface area contributed by atoms with Gasteiger partial charge in [-0.25, -0.2) is 4.98 Å². The second kappa shape index (κ2) is 1.82. The van der Waals surface area contributed by atoms with E-state index in [9.17, 15) is 0 Å². The molecule has 0 spiro atoms. The summed E-state index contributed by atoms with van der Waals surface area (Å²) < 4.78 is 3.06. The zero-order chi connectivity index (χ0) is 6.27. The van der Waals surface area contributed by atoms with Crippen molar-refractivity contribution in [2.75, 3.05) is 0 Å². The second-order valence-electron chi connectivity index (χ2n) is 1.66. The Morgan fingerprint density at radius 2 is 2.56 bits per heavy atom. The summed E-state index contributed by atoms with van der Waals surface area (Å²) in [6, 6.07) is 0. The van der Waals surface area contributed by atoms with Gasteiger partial charge in [0.25, 0.3) is 0 Å². The van der Waals surface area contributed by atoms with Gasteiger partial charge in [-0.3, -0.25) is 4.40 Å². The van der Waals surface area contributed by atoms with Gasteiger partial charge in [-0.05, 0) is 15.9 Å². The van der Waals surface area contributed by atoms with Crippen LogP contribution in [0, 0.1) is 0 Å². The summed E-state index contributed by atoms with van der Waals surface area (Å²) in [5.41, 5.74) is 0. The summed E-state index contributed by atoms with van der Waals surface area (Å²) in [7, 11) is 0. The monoisotopic (exact) mass is 202 g/mol. The number of aromatic nitrogens is 2. The van der Waals surface area contributed by atoms with Crippen LogP contribution in [0.4, 0.5) is 0 Å². The van der Waals surface area contributed by atoms with Gasteiger partial charge >= 0.3 is 0 Å². The highest BCUT2D eigenvalue weighted by molar-refractivity contribution is 9.10. The second-order valence-corrected chi connectivity index (χ2v) is 3.36. The molecule has 0 saturated heterocycles. The smallest absolute Gasteiger partial charge is 0.120 e. The minimum atomic E-state index is 1.07. The molecular weight excluding hydrogens is 200 g/mol. The first-order valence-corrected chi connectivity index (χ1v) is 4.10. The highest BCUT2D eigenvalue weighted by atomic mass is 79.9. The van der Waals surface area contributed by atoms with E-state index in [4.69, 9.17) is 0 Å². The molecule has 9 heavy (non-hydrogen) atoms. The first kappa shape index (κ1) is 5.44. The van der Waals surface area contributed by atoms with Crippen LogP contribution >= 0.6 is 27.3 Å². The van der Waals surface area contributed by atoms with Crippen LogP contribution in [0.1, 0.15) is 0 Å². The minimum Gasteiger partial charge on any atom is -0.284 e. The number of halogens is 1. The number of hydrogen-bond donors (Lipinski definition) is 0. The van der Waals surface area contributed by atoms with Gasteiger partial charge in [0.15, 0.2) is 0 Å². The molecule has 0 saturated carbocycles. The number of fused-ring (bicyclic) bond motifs is 1. The Bertz CT molecular complexity index is 324. The molecule has 2 nitrogen and oxygen atoms in total. The molecular formula is C5H3BrN2S. The lowest BCUT2D eigenvalue weighted by Crippen LogP contribution is -1.71. The van der Waals surface area contributed by atoms with Crippen molar-refractivity contribution in [1.82, 2.24) is 9.38 Å². The van der Waals surface area contributed by atoms with Crippen LogP contribution in [0.2, 0.25) is 0 Å². The average Bonchev–Trinajstić information content (AvgIpc) is 2.35. The molecule has 2 rings (SSSR count). The van der Waals surface area contributed by atoms with Crippen LogP contribution in [-0.2, 0) is 0 Å². The van der Waals surface area contributed by atoms with Gasteiger partial charge in [0.2, 0.25) is 0 Å². The highest BCUT2D eigenvalue weighted by Gasteiger charge is 1.96. The third-order valence-electron chi connectivity index (χ3n) is 1.11. The zero-order valence-corrected chi connectivity index (χ0v) is 6.82. The molecule has 0 unspecified atom stereocenters. The van der Waals surface area contributed by atoms with Crippen molar-refractivity contribution in [1.29, 1.82) is 0 Å². The van der Waals surface area contributed by atoms with Gasteiger partial charge < -0.3 is 0 Å². The Morgan fingerprint density at radius 3 is 3.33 bits per heavy atom. The fraction of sp³-hybridized carbons (Fsp3) is 0. The van der Waals surface area contributed by atoms with Gasteiger partial charge in [0.1, 0.15) is 15.8 Å². The normalized spacial score (nSPS) is 10.8. The Labute approximate surface area is 64.3 Å². The molecule has 0 aliphatic carbocycles. The fourth-order valence-electron chi connectivity index (χ4n) is 0.696.